The van der Waals surface area contributed by atoms with Crippen LogP contribution in [0.2, 0.25) is 0 Å². The maximum atomic E-state index is 12.6. The predicted octanol–water partition coefficient (Wildman–Crippen LogP) is 2.80. The molecule has 0 aliphatic carbocycles. The Morgan fingerprint density at radius 1 is 1.36 bits per heavy atom. The lowest BCUT2D eigenvalue weighted by Gasteiger charge is -2.11. The Hall–Kier alpha value is -0.910. The molecule has 14 heavy (non-hydrogen) atoms. The van der Waals surface area contributed by atoms with E-state index in [2.05, 4.69) is 20.9 Å². The van der Waals surface area contributed by atoms with Crippen LogP contribution in [0.5, 0.6) is 11.6 Å². The summed E-state index contributed by atoms with van der Waals surface area (Å²) in [6.45, 7) is 0. The van der Waals surface area contributed by atoms with Crippen molar-refractivity contribution in [3.63, 3.8) is 0 Å². The van der Waals surface area contributed by atoms with Gasteiger partial charge in [0.1, 0.15) is 5.75 Å². The number of nitrogens with zero attached hydrogens (tertiary/aromatic N) is 1. The zero-order valence-corrected chi connectivity index (χ0v) is 9.14. The standard InChI is InChI=1S/C8H8BrF2NO2/c1-13-4-3-12-8(14-2)6(9)5(4)7(10)11/h3,7H,1-2H3. The van der Waals surface area contributed by atoms with Crippen LogP contribution in [0.15, 0.2) is 10.7 Å². The maximum absolute atomic E-state index is 12.6. The second-order valence-corrected chi connectivity index (χ2v) is 3.16. The summed E-state index contributed by atoms with van der Waals surface area (Å²) in [6.07, 6.45) is -1.44. The molecule has 3 nitrogen and oxygen atoms in total. The fourth-order valence-corrected chi connectivity index (χ4v) is 1.61. The zero-order valence-electron chi connectivity index (χ0n) is 7.55. The van der Waals surface area contributed by atoms with E-state index in [9.17, 15) is 8.78 Å². The van der Waals surface area contributed by atoms with Crippen molar-refractivity contribution >= 4 is 15.9 Å². The van der Waals surface area contributed by atoms with Gasteiger partial charge in [0.25, 0.3) is 6.43 Å². The van der Waals surface area contributed by atoms with Gasteiger partial charge in [-0.25, -0.2) is 13.8 Å². The van der Waals surface area contributed by atoms with E-state index >= 15 is 0 Å². The number of alkyl halides is 2. The average molecular weight is 268 g/mol. The second-order valence-electron chi connectivity index (χ2n) is 2.36. The molecule has 78 valence electrons. The summed E-state index contributed by atoms with van der Waals surface area (Å²) < 4.78 is 34.9. The number of rotatable bonds is 3. The normalized spacial score (nSPS) is 10.4. The molecule has 0 spiro atoms. The minimum Gasteiger partial charge on any atom is -0.495 e. The lowest BCUT2D eigenvalue weighted by molar-refractivity contribution is 0.145. The molecule has 1 rings (SSSR count). The molecule has 1 aromatic rings. The van der Waals surface area contributed by atoms with E-state index in [1.54, 1.807) is 0 Å². The highest BCUT2D eigenvalue weighted by molar-refractivity contribution is 9.10. The van der Waals surface area contributed by atoms with Gasteiger partial charge < -0.3 is 9.47 Å². The van der Waals surface area contributed by atoms with Gasteiger partial charge in [-0.05, 0) is 15.9 Å². The summed E-state index contributed by atoms with van der Waals surface area (Å²) in [7, 11) is 2.66. The quantitative estimate of drug-likeness (QED) is 0.844. The van der Waals surface area contributed by atoms with Crippen LogP contribution in [-0.4, -0.2) is 19.2 Å². The van der Waals surface area contributed by atoms with Crippen molar-refractivity contribution in [2.24, 2.45) is 0 Å². The molecule has 0 fully saturated rings. The predicted molar refractivity (Wildman–Crippen MR) is 50.0 cm³/mol. The van der Waals surface area contributed by atoms with Gasteiger partial charge in [-0.1, -0.05) is 0 Å². The smallest absolute Gasteiger partial charge is 0.268 e. The summed E-state index contributed by atoms with van der Waals surface area (Å²) in [4.78, 5) is 3.78. The molecular formula is C8H8BrF2NO2. The van der Waals surface area contributed by atoms with Gasteiger partial charge in [-0.3, -0.25) is 0 Å². The van der Waals surface area contributed by atoms with Crippen molar-refractivity contribution in [3.05, 3.63) is 16.2 Å². The number of halogens is 3. The van der Waals surface area contributed by atoms with Crippen molar-refractivity contribution in [3.8, 4) is 11.6 Å². The van der Waals surface area contributed by atoms with E-state index in [1.807, 2.05) is 0 Å². The molecule has 0 aliphatic heterocycles. The number of hydrogen-bond donors (Lipinski definition) is 0. The number of hydrogen-bond acceptors (Lipinski definition) is 3. The average Bonchev–Trinajstić information content (AvgIpc) is 2.16. The van der Waals surface area contributed by atoms with Gasteiger partial charge in [-0.15, -0.1) is 0 Å². The first kappa shape index (κ1) is 11.2. The highest BCUT2D eigenvalue weighted by Gasteiger charge is 2.21. The highest BCUT2D eigenvalue weighted by atomic mass is 79.9. The van der Waals surface area contributed by atoms with Crippen LogP contribution in [0.25, 0.3) is 0 Å². The van der Waals surface area contributed by atoms with Gasteiger partial charge in [0.15, 0.2) is 0 Å². The van der Waals surface area contributed by atoms with Crippen molar-refractivity contribution in [1.29, 1.82) is 0 Å². The molecular weight excluding hydrogens is 260 g/mol. The summed E-state index contributed by atoms with van der Waals surface area (Å²) in [5, 5.41) is 0. The molecule has 1 aromatic heterocycles. The van der Waals surface area contributed by atoms with Gasteiger partial charge in [0, 0.05) is 0 Å². The number of pyridine rings is 1. The maximum Gasteiger partial charge on any atom is 0.268 e. The largest absolute Gasteiger partial charge is 0.495 e. The monoisotopic (exact) mass is 267 g/mol. The fourth-order valence-electron chi connectivity index (χ4n) is 0.975. The second kappa shape index (κ2) is 4.54. The summed E-state index contributed by atoms with van der Waals surface area (Å²) in [5.41, 5.74) is -0.251. The Kier molecular flexibility index (Phi) is 3.62. The van der Waals surface area contributed by atoms with Crippen LogP contribution in [0.3, 0.4) is 0 Å². The molecule has 0 N–H and O–H groups in total. The number of methoxy groups -OCH3 is 2. The Labute approximate surface area is 88.2 Å². The first-order valence-corrected chi connectivity index (χ1v) is 4.45. The van der Waals surface area contributed by atoms with Crippen LogP contribution in [0.1, 0.15) is 12.0 Å². The number of ether oxygens (including phenoxy) is 2. The van der Waals surface area contributed by atoms with Gasteiger partial charge >= 0.3 is 0 Å². The third kappa shape index (κ3) is 1.95. The molecule has 1 heterocycles. The van der Waals surface area contributed by atoms with Crippen molar-refractivity contribution < 1.29 is 18.3 Å². The Balaban J connectivity index is 3.31. The van der Waals surface area contributed by atoms with Crippen molar-refractivity contribution in [2.45, 2.75) is 6.43 Å². The molecule has 0 bridgehead atoms. The fraction of sp³-hybridized carbons (Fsp3) is 0.375. The van der Waals surface area contributed by atoms with Gasteiger partial charge in [0.05, 0.1) is 30.5 Å². The first-order chi connectivity index (χ1) is 6.61. The third-order valence-corrected chi connectivity index (χ3v) is 2.39. The van der Waals surface area contributed by atoms with E-state index in [-0.39, 0.29) is 21.7 Å². The van der Waals surface area contributed by atoms with Gasteiger partial charge in [0.2, 0.25) is 5.88 Å². The molecule has 0 atom stereocenters. The van der Waals surface area contributed by atoms with Crippen LogP contribution >= 0.6 is 15.9 Å². The molecule has 0 saturated carbocycles. The Morgan fingerprint density at radius 2 is 2.00 bits per heavy atom. The zero-order chi connectivity index (χ0) is 10.7. The first-order valence-electron chi connectivity index (χ1n) is 3.66. The molecule has 0 aliphatic rings. The van der Waals surface area contributed by atoms with E-state index in [0.29, 0.717) is 0 Å². The van der Waals surface area contributed by atoms with Crippen LogP contribution < -0.4 is 9.47 Å². The van der Waals surface area contributed by atoms with E-state index < -0.39 is 6.43 Å². The third-order valence-electron chi connectivity index (χ3n) is 1.62. The summed E-state index contributed by atoms with van der Waals surface area (Å²) in [6, 6.07) is 0. The summed E-state index contributed by atoms with van der Waals surface area (Å²) >= 11 is 2.99. The topological polar surface area (TPSA) is 31.4 Å². The van der Waals surface area contributed by atoms with Crippen LogP contribution in [0, 0.1) is 0 Å². The molecule has 0 saturated heterocycles. The minimum absolute atomic E-state index is 0.0349. The van der Waals surface area contributed by atoms with Gasteiger partial charge in [-0.2, -0.15) is 0 Å². The van der Waals surface area contributed by atoms with Crippen LogP contribution in [-0.2, 0) is 0 Å². The molecule has 0 amide bonds. The molecule has 6 heteroatoms. The van der Waals surface area contributed by atoms with Crippen molar-refractivity contribution in [2.75, 3.05) is 14.2 Å². The molecule has 0 radical (unpaired) electrons. The van der Waals surface area contributed by atoms with E-state index in [0.717, 1.165) is 0 Å². The Morgan fingerprint density at radius 3 is 2.43 bits per heavy atom. The van der Waals surface area contributed by atoms with E-state index in [1.165, 1.54) is 20.4 Å². The minimum atomic E-state index is -2.64. The molecule has 0 aromatic carbocycles. The summed E-state index contributed by atoms with van der Waals surface area (Å²) in [5.74, 6) is 0.147. The van der Waals surface area contributed by atoms with E-state index in [4.69, 9.17) is 9.47 Å². The van der Waals surface area contributed by atoms with Crippen molar-refractivity contribution in [1.82, 2.24) is 4.98 Å². The lowest BCUT2D eigenvalue weighted by atomic mass is 10.2. The lowest BCUT2D eigenvalue weighted by Crippen LogP contribution is -1.98. The Bertz CT molecular complexity index is 333. The number of aromatic nitrogens is 1. The highest BCUT2D eigenvalue weighted by Crippen LogP contribution is 2.39. The van der Waals surface area contributed by atoms with Crippen LogP contribution in [0.4, 0.5) is 8.78 Å². The SMILES string of the molecule is COc1cnc(OC)c(Br)c1C(F)F. The molecule has 0 unspecified atom stereocenters.